The Morgan fingerprint density at radius 3 is 2.61 bits per heavy atom. The maximum absolute atomic E-state index is 12.5. The van der Waals surface area contributed by atoms with Crippen LogP contribution in [0.25, 0.3) is 11.5 Å². The number of carbonyl (C=O) groups is 1. The Bertz CT molecular complexity index is 986. The van der Waals surface area contributed by atoms with Crippen LogP contribution in [-0.2, 0) is 17.5 Å². The minimum absolute atomic E-state index is 0.0345. The zero-order valence-electron chi connectivity index (χ0n) is 14.7. The first-order chi connectivity index (χ1) is 13.2. The average Bonchev–Trinajstić information content (AvgIpc) is 3.13. The van der Waals surface area contributed by atoms with Gasteiger partial charge in [0.15, 0.2) is 0 Å². The summed E-state index contributed by atoms with van der Waals surface area (Å²) in [5.74, 6) is -1.77. The number of hydrogen-bond acceptors (Lipinski definition) is 7. The molecule has 3 aromatic heterocycles. The molecule has 11 heteroatoms. The molecule has 0 aromatic carbocycles. The van der Waals surface area contributed by atoms with Crippen molar-refractivity contribution in [1.82, 2.24) is 20.1 Å². The lowest BCUT2D eigenvalue weighted by molar-refractivity contribution is -0.159. The molecule has 0 saturated heterocycles. The van der Waals surface area contributed by atoms with E-state index in [1.54, 1.807) is 25.3 Å². The Morgan fingerprint density at radius 1 is 1.21 bits per heavy atom. The SMILES string of the molecule is Cc1ccc(COC(=O)Nc2cnc(-c3noc(C(F)(F)F)n3)cc2C)cn1. The molecule has 0 atom stereocenters. The van der Waals surface area contributed by atoms with Crippen LogP contribution >= 0.6 is 0 Å². The van der Waals surface area contributed by atoms with Crippen LogP contribution < -0.4 is 5.32 Å². The van der Waals surface area contributed by atoms with E-state index in [-0.39, 0.29) is 18.1 Å². The summed E-state index contributed by atoms with van der Waals surface area (Å²) in [7, 11) is 0. The molecule has 0 aliphatic carbocycles. The number of alkyl halides is 3. The molecule has 8 nitrogen and oxygen atoms in total. The van der Waals surface area contributed by atoms with Gasteiger partial charge in [0, 0.05) is 17.5 Å². The second-order valence-corrected chi connectivity index (χ2v) is 5.81. The van der Waals surface area contributed by atoms with E-state index in [0.29, 0.717) is 11.3 Å². The van der Waals surface area contributed by atoms with Crippen LogP contribution in [0.15, 0.2) is 35.1 Å². The van der Waals surface area contributed by atoms with Crippen LogP contribution in [0.4, 0.5) is 23.7 Å². The maximum atomic E-state index is 12.5. The molecule has 3 rings (SSSR count). The van der Waals surface area contributed by atoms with Crippen molar-refractivity contribution in [3.63, 3.8) is 0 Å². The molecule has 0 unspecified atom stereocenters. The second kappa shape index (κ2) is 7.62. The lowest BCUT2D eigenvalue weighted by atomic mass is 10.2. The third-order valence-corrected chi connectivity index (χ3v) is 3.59. The Labute approximate surface area is 156 Å². The molecule has 0 fully saturated rings. The van der Waals surface area contributed by atoms with Gasteiger partial charge in [-0.3, -0.25) is 15.3 Å². The molecular weight excluding hydrogens is 379 g/mol. The fourth-order valence-corrected chi connectivity index (χ4v) is 2.13. The Balaban J connectivity index is 1.64. The van der Waals surface area contributed by atoms with Crippen molar-refractivity contribution < 1.29 is 27.2 Å². The van der Waals surface area contributed by atoms with Crippen molar-refractivity contribution in [2.24, 2.45) is 0 Å². The number of hydrogen-bond donors (Lipinski definition) is 1. The molecule has 0 bridgehead atoms. The number of carbonyl (C=O) groups excluding carboxylic acids is 1. The summed E-state index contributed by atoms with van der Waals surface area (Å²) in [6.07, 6.45) is -2.58. The van der Waals surface area contributed by atoms with E-state index < -0.39 is 18.2 Å². The maximum Gasteiger partial charge on any atom is 0.471 e. The summed E-state index contributed by atoms with van der Waals surface area (Å²) in [6.45, 7) is 3.51. The number of aryl methyl sites for hydroxylation is 2. The van der Waals surface area contributed by atoms with Gasteiger partial charge in [0.1, 0.15) is 12.3 Å². The lowest BCUT2D eigenvalue weighted by Crippen LogP contribution is -2.14. The van der Waals surface area contributed by atoms with Gasteiger partial charge in [-0.15, -0.1) is 0 Å². The van der Waals surface area contributed by atoms with Crippen molar-refractivity contribution in [1.29, 1.82) is 0 Å². The highest BCUT2D eigenvalue weighted by Crippen LogP contribution is 2.29. The van der Waals surface area contributed by atoms with Crippen molar-refractivity contribution >= 4 is 11.8 Å². The van der Waals surface area contributed by atoms with Gasteiger partial charge in [-0.1, -0.05) is 11.2 Å². The third-order valence-electron chi connectivity index (χ3n) is 3.59. The molecular formula is C17H14F3N5O3. The Kier molecular flexibility index (Phi) is 5.25. The molecule has 0 radical (unpaired) electrons. The second-order valence-electron chi connectivity index (χ2n) is 5.81. The number of ether oxygens (including phenoxy) is 1. The van der Waals surface area contributed by atoms with Crippen molar-refractivity contribution in [2.75, 3.05) is 5.32 Å². The van der Waals surface area contributed by atoms with E-state index in [9.17, 15) is 18.0 Å². The number of halogens is 3. The van der Waals surface area contributed by atoms with Gasteiger partial charge < -0.3 is 9.26 Å². The molecule has 3 aromatic rings. The highest BCUT2D eigenvalue weighted by atomic mass is 19.4. The van der Waals surface area contributed by atoms with Crippen LogP contribution in [0.1, 0.15) is 22.7 Å². The lowest BCUT2D eigenvalue weighted by Gasteiger charge is -2.09. The number of nitrogens with one attached hydrogen (secondary N) is 1. The number of anilines is 1. The van der Waals surface area contributed by atoms with Gasteiger partial charge in [0.2, 0.25) is 5.82 Å². The molecule has 1 amide bonds. The van der Waals surface area contributed by atoms with Gasteiger partial charge in [0.25, 0.3) is 0 Å². The number of nitrogens with zero attached hydrogens (tertiary/aromatic N) is 4. The van der Waals surface area contributed by atoms with Crippen molar-refractivity contribution in [2.45, 2.75) is 26.6 Å². The fourth-order valence-electron chi connectivity index (χ4n) is 2.13. The zero-order chi connectivity index (χ0) is 20.3. The predicted molar refractivity (Wildman–Crippen MR) is 90.0 cm³/mol. The van der Waals surface area contributed by atoms with E-state index in [2.05, 4.69) is 29.9 Å². The number of amides is 1. The summed E-state index contributed by atoms with van der Waals surface area (Å²) < 4.78 is 46.9. The molecule has 0 spiro atoms. The molecule has 28 heavy (non-hydrogen) atoms. The number of pyridine rings is 2. The van der Waals surface area contributed by atoms with Crippen LogP contribution in [-0.4, -0.2) is 26.2 Å². The quantitative estimate of drug-likeness (QED) is 0.717. The van der Waals surface area contributed by atoms with Gasteiger partial charge in [-0.2, -0.15) is 18.2 Å². The largest absolute Gasteiger partial charge is 0.471 e. The fraction of sp³-hybridized carbons (Fsp3) is 0.235. The highest BCUT2D eigenvalue weighted by Gasteiger charge is 2.38. The van der Waals surface area contributed by atoms with E-state index in [1.807, 2.05) is 6.92 Å². The van der Waals surface area contributed by atoms with Gasteiger partial charge in [-0.25, -0.2) is 4.79 Å². The smallest absolute Gasteiger partial charge is 0.444 e. The van der Waals surface area contributed by atoms with E-state index in [4.69, 9.17) is 4.74 Å². The van der Waals surface area contributed by atoms with E-state index in [1.165, 1.54) is 12.3 Å². The van der Waals surface area contributed by atoms with Crippen LogP contribution in [0.5, 0.6) is 0 Å². The van der Waals surface area contributed by atoms with Gasteiger partial charge in [-0.05, 0) is 31.5 Å². The van der Waals surface area contributed by atoms with E-state index >= 15 is 0 Å². The van der Waals surface area contributed by atoms with Gasteiger partial charge in [0.05, 0.1) is 11.9 Å². The molecule has 0 saturated carbocycles. The summed E-state index contributed by atoms with van der Waals surface area (Å²) in [5.41, 5.74) is 2.50. The molecule has 0 aliphatic heterocycles. The summed E-state index contributed by atoms with van der Waals surface area (Å²) in [5, 5.41) is 5.78. The monoisotopic (exact) mass is 393 g/mol. The molecule has 3 heterocycles. The topological polar surface area (TPSA) is 103 Å². The third kappa shape index (κ3) is 4.61. The predicted octanol–water partition coefficient (Wildman–Crippen LogP) is 3.91. The van der Waals surface area contributed by atoms with Crippen molar-refractivity contribution in [3.05, 3.63) is 53.3 Å². The first kappa shape index (κ1) is 19.3. The molecule has 146 valence electrons. The van der Waals surface area contributed by atoms with Crippen LogP contribution in [0.3, 0.4) is 0 Å². The van der Waals surface area contributed by atoms with Crippen LogP contribution in [0.2, 0.25) is 0 Å². The minimum atomic E-state index is -4.74. The zero-order valence-corrected chi connectivity index (χ0v) is 14.7. The highest BCUT2D eigenvalue weighted by molar-refractivity contribution is 5.85. The Morgan fingerprint density at radius 2 is 2.00 bits per heavy atom. The standard InChI is InChI=1S/C17H14F3N5O3/c1-9-5-12(14-24-15(28-25-14)17(18,19)20)22-7-13(9)23-16(26)27-8-11-4-3-10(2)21-6-11/h3-7H,8H2,1-2H3,(H,23,26). The first-order valence-corrected chi connectivity index (χ1v) is 7.95. The van der Waals surface area contributed by atoms with Crippen molar-refractivity contribution in [3.8, 4) is 11.5 Å². The number of aromatic nitrogens is 4. The van der Waals surface area contributed by atoms with E-state index in [0.717, 1.165) is 11.3 Å². The Hall–Kier alpha value is -3.50. The molecule has 1 N–H and O–H groups in total. The summed E-state index contributed by atoms with van der Waals surface area (Å²) in [4.78, 5) is 23.2. The average molecular weight is 393 g/mol. The summed E-state index contributed by atoms with van der Waals surface area (Å²) in [6, 6.07) is 5.01. The summed E-state index contributed by atoms with van der Waals surface area (Å²) >= 11 is 0. The van der Waals surface area contributed by atoms with Crippen LogP contribution in [0, 0.1) is 13.8 Å². The normalized spacial score (nSPS) is 11.3. The first-order valence-electron chi connectivity index (χ1n) is 7.95. The number of rotatable bonds is 4. The molecule has 0 aliphatic rings. The van der Waals surface area contributed by atoms with Gasteiger partial charge >= 0.3 is 18.2 Å². The minimum Gasteiger partial charge on any atom is -0.444 e.